The lowest BCUT2D eigenvalue weighted by Gasteiger charge is -2.32. The summed E-state index contributed by atoms with van der Waals surface area (Å²) in [7, 11) is 0.333. The Morgan fingerprint density at radius 1 is 0.963 bits per heavy atom. The molecule has 0 saturated carbocycles. The summed E-state index contributed by atoms with van der Waals surface area (Å²) in [6.45, 7) is 7.45. The second-order valence-electron chi connectivity index (χ2n) is 7.47. The fraction of sp³-hybridized carbons (Fsp3) is 0.350. The van der Waals surface area contributed by atoms with Crippen molar-refractivity contribution in [2.24, 2.45) is 0 Å². The van der Waals surface area contributed by atoms with E-state index in [4.69, 9.17) is 14.0 Å². The van der Waals surface area contributed by atoms with Gasteiger partial charge in [0.15, 0.2) is 17.3 Å². The van der Waals surface area contributed by atoms with Crippen LogP contribution in [0.3, 0.4) is 0 Å². The zero-order valence-corrected chi connectivity index (χ0v) is 15.9. The number of hydrogen-bond donors (Lipinski definition) is 0. The van der Waals surface area contributed by atoms with Crippen LogP contribution in [0.4, 0.5) is 8.78 Å². The van der Waals surface area contributed by atoms with Crippen LogP contribution in [0.25, 0.3) is 0 Å². The number of halogens is 2. The van der Waals surface area contributed by atoms with Crippen LogP contribution >= 0.6 is 0 Å². The van der Waals surface area contributed by atoms with Gasteiger partial charge >= 0.3 is 7.12 Å². The van der Waals surface area contributed by atoms with Gasteiger partial charge in [0.1, 0.15) is 5.82 Å². The Morgan fingerprint density at radius 3 is 2.04 bits per heavy atom. The van der Waals surface area contributed by atoms with Crippen LogP contribution in [-0.2, 0) is 9.31 Å². The van der Waals surface area contributed by atoms with E-state index in [0.717, 1.165) is 6.07 Å². The quantitative estimate of drug-likeness (QED) is 0.607. The van der Waals surface area contributed by atoms with Gasteiger partial charge in [-0.25, -0.2) is 8.78 Å². The number of rotatable bonds is 4. The molecule has 1 aliphatic rings. The van der Waals surface area contributed by atoms with Crippen LogP contribution < -0.4 is 10.2 Å². The Kier molecular flexibility index (Phi) is 4.86. The van der Waals surface area contributed by atoms with Crippen molar-refractivity contribution in [2.45, 2.75) is 38.9 Å². The predicted octanol–water partition coefficient (Wildman–Crippen LogP) is 3.50. The van der Waals surface area contributed by atoms with E-state index in [1.807, 2.05) is 27.7 Å². The SMILES string of the molecule is COc1c(F)ccc(C(=O)c2ccc(F)cc2)c1B1OC(C)(C)C(C)(C)O1. The van der Waals surface area contributed by atoms with E-state index < -0.39 is 35.7 Å². The molecule has 0 aliphatic carbocycles. The molecule has 0 radical (unpaired) electrons. The zero-order valence-electron chi connectivity index (χ0n) is 15.9. The molecule has 0 spiro atoms. The van der Waals surface area contributed by atoms with Crippen molar-refractivity contribution in [3.8, 4) is 5.75 Å². The van der Waals surface area contributed by atoms with Gasteiger partial charge in [0.25, 0.3) is 0 Å². The molecule has 3 rings (SSSR count). The first-order valence-electron chi connectivity index (χ1n) is 8.59. The largest absolute Gasteiger partial charge is 0.499 e. The molecule has 4 nitrogen and oxygen atoms in total. The fourth-order valence-electron chi connectivity index (χ4n) is 2.93. The first kappa shape index (κ1) is 19.5. The number of carbonyl (C=O) groups excluding carboxylic acids is 1. The summed E-state index contributed by atoms with van der Waals surface area (Å²) < 4.78 is 44.8. The monoisotopic (exact) mass is 374 g/mol. The van der Waals surface area contributed by atoms with E-state index in [1.165, 1.54) is 37.4 Å². The summed E-state index contributed by atoms with van der Waals surface area (Å²) in [5.74, 6) is -1.59. The van der Waals surface area contributed by atoms with Crippen LogP contribution in [0, 0.1) is 11.6 Å². The molecule has 1 fully saturated rings. The van der Waals surface area contributed by atoms with E-state index in [1.54, 1.807) is 0 Å². The molecule has 142 valence electrons. The standard InChI is InChI=1S/C20H21BF2O4/c1-19(2)20(3,4)27-21(26-19)16-14(10-11-15(23)18(16)25-5)17(24)12-6-8-13(22)9-7-12/h6-11H,1-5H3. The lowest BCUT2D eigenvalue weighted by atomic mass is 9.73. The maximum atomic E-state index is 14.4. The average Bonchev–Trinajstić information content (AvgIpc) is 2.82. The third-order valence-corrected chi connectivity index (χ3v) is 5.19. The van der Waals surface area contributed by atoms with E-state index in [2.05, 4.69) is 0 Å². The number of ether oxygens (including phenoxy) is 1. The molecule has 0 N–H and O–H groups in total. The summed E-state index contributed by atoms with van der Waals surface area (Å²) >= 11 is 0. The first-order chi connectivity index (χ1) is 12.6. The van der Waals surface area contributed by atoms with Gasteiger partial charge < -0.3 is 14.0 Å². The van der Waals surface area contributed by atoms with E-state index in [-0.39, 0.29) is 22.3 Å². The van der Waals surface area contributed by atoms with Gasteiger partial charge in [0.05, 0.1) is 18.3 Å². The lowest BCUT2D eigenvalue weighted by Crippen LogP contribution is -2.41. The minimum atomic E-state index is -0.986. The maximum Gasteiger partial charge on any atom is 0.499 e. The fourth-order valence-corrected chi connectivity index (χ4v) is 2.93. The third kappa shape index (κ3) is 3.37. The Balaban J connectivity index is 2.13. The highest BCUT2D eigenvalue weighted by molar-refractivity contribution is 6.65. The number of ketones is 1. The van der Waals surface area contributed by atoms with Crippen molar-refractivity contribution in [3.63, 3.8) is 0 Å². The minimum Gasteiger partial charge on any atom is -0.494 e. The smallest absolute Gasteiger partial charge is 0.494 e. The second kappa shape index (κ2) is 6.73. The van der Waals surface area contributed by atoms with E-state index in [9.17, 15) is 13.6 Å². The lowest BCUT2D eigenvalue weighted by molar-refractivity contribution is 0.00578. The normalized spacial score (nSPS) is 17.8. The molecular formula is C20H21BF2O4. The third-order valence-electron chi connectivity index (χ3n) is 5.19. The van der Waals surface area contributed by atoms with Crippen LogP contribution in [0.5, 0.6) is 5.75 Å². The minimum absolute atomic E-state index is 0.110. The highest BCUT2D eigenvalue weighted by atomic mass is 19.1. The Hall–Kier alpha value is -2.25. The molecule has 1 saturated heterocycles. The van der Waals surface area contributed by atoms with Crippen molar-refractivity contribution in [3.05, 3.63) is 59.2 Å². The first-order valence-corrected chi connectivity index (χ1v) is 8.59. The maximum absolute atomic E-state index is 14.4. The molecule has 7 heteroatoms. The van der Waals surface area contributed by atoms with Crippen LogP contribution in [0.1, 0.15) is 43.6 Å². The molecule has 0 amide bonds. The molecule has 2 aromatic rings. The van der Waals surface area contributed by atoms with Crippen molar-refractivity contribution in [2.75, 3.05) is 7.11 Å². The summed E-state index contributed by atoms with van der Waals surface area (Å²) in [6, 6.07) is 7.67. The Morgan fingerprint density at radius 2 is 1.52 bits per heavy atom. The molecule has 1 aliphatic heterocycles. The summed E-state index contributed by atoms with van der Waals surface area (Å²) in [5.41, 5.74) is -0.720. The Labute approximate surface area is 157 Å². The van der Waals surface area contributed by atoms with Gasteiger partial charge in [-0.15, -0.1) is 0 Å². The van der Waals surface area contributed by atoms with Crippen molar-refractivity contribution >= 4 is 18.4 Å². The highest BCUT2D eigenvalue weighted by Crippen LogP contribution is 2.38. The molecule has 0 aromatic heterocycles. The molecule has 0 bridgehead atoms. The van der Waals surface area contributed by atoms with Crippen LogP contribution in [-0.4, -0.2) is 31.2 Å². The molecular weight excluding hydrogens is 353 g/mol. The van der Waals surface area contributed by atoms with Gasteiger partial charge in [-0.1, -0.05) is 0 Å². The second-order valence-corrected chi connectivity index (χ2v) is 7.47. The van der Waals surface area contributed by atoms with Crippen LogP contribution in [0.15, 0.2) is 36.4 Å². The summed E-state index contributed by atoms with van der Waals surface area (Å²) in [6.07, 6.45) is 0. The summed E-state index contributed by atoms with van der Waals surface area (Å²) in [5, 5.41) is 0. The molecule has 0 atom stereocenters. The highest BCUT2D eigenvalue weighted by Gasteiger charge is 2.53. The van der Waals surface area contributed by atoms with Gasteiger partial charge in [0.2, 0.25) is 0 Å². The topological polar surface area (TPSA) is 44.8 Å². The van der Waals surface area contributed by atoms with Crippen molar-refractivity contribution < 1.29 is 27.6 Å². The van der Waals surface area contributed by atoms with Gasteiger partial charge in [-0.05, 0) is 64.1 Å². The molecule has 27 heavy (non-hydrogen) atoms. The number of benzene rings is 2. The zero-order chi connectivity index (χ0) is 20.0. The number of carbonyl (C=O) groups is 1. The molecule has 1 heterocycles. The summed E-state index contributed by atoms with van der Waals surface area (Å²) in [4.78, 5) is 13.0. The van der Waals surface area contributed by atoms with E-state index >= 15 is 0 Å². The van der Waals surface area contributed by atoms with Gasteiger partial charge in [0, 0.05) is 16.6 Å². The average molecular weight is 374 g/mol. The van der Waals surface area contributed by atoms with Crippen molar-refractivity contribution in [1.82, 2.24) is 0 Å². The molecule has 0 unspecified atom stereocenters. The number of methoxy groups -OCH3 is 1. The Bertz CT molecular complexity index is 862. The van der Waals surface area contributed by atoms with Crippen LogP contribution in [0.2, 0.25) is 0 Å². The van der Waals surface area contributed by atoms with Gasteiger partial charge in [-0.2, -0.15) is 0 Å². The number of hydrogen-bond acceptors (Lipinski definition) is 4. The predicted molar refractivity (Wildman–Crippen MR) is 98.5 cm³/mol. The van der Waals surface area contributed by atoms with E-state index in [0.29, 0.717) is 0 Å². The van der Waals surface area contributed by atoms with Gasteiger partial charge in [-0.3, -0.25) is 4.79 Å². The molecule has 2 aromatic carbocycles. The van der Waals surface area contributed by atoms with Crippen molar-refractivity contribution in [1.29, 1.82) is 0 Å².